The Hall–Kier alpha value is -1.36. The quantitative estimate of drug-likeness (QED) is 0.880. The number of carboxylic acid groups (broad SMARTS) is 1. The van der Waals surface area contributed by atoms with E-state index in [1.165, 1.54) is 37.1 Å². The van der Waals surface area contributed by atoms with Crippen LogP contribution in [0.2, 0.25) is 0 Å². The van der Waals surface area contributed by atoms with Gasteiger partial charge in [-0.25, -0.2) is 4.79 Å². The van der Waals surface area contributed by atoms with E-state index in [0.29, 0.717) is 4.88 Å². The number of likely N-dealkylation sites (N-methyl/N-ethyl adjacent to an activating group) is 1. The van der Waals surface area contributed by atoms with Crippen molar-refractivity contribution in [3.63, 3.8) is 0 Å². The van der Waals surface area contributed by atoms with E-state index in [9.17, 15) is 9.59 Å². The number of carboxylic acids is 1. The minimum atomic E-state index is -1.20. The molecule has 0 radical (unpaired) electrons. The zero-order valence-corrected chi connectivity index (χ0v) is 10.6. The second-order valence-electron chi connectivity index (χ2n) is 4.16. The van der Waals surface area contributed by atoms with Gasteiger partial charge in [0.25, 0.3) is 5.91 Å². The van der Waals surface area contributed by atoms with Gasteiger partial charge < -0.3 is 10.0 Å². The summed E-state index contributed by atoms with van der Waals surface area (Å²) < 4.78 is 0. The predicted molar refractivity (Wildman–Crippen MR) is 62.9 cm³/mol. The number of aliphatic carboxylic acids is 1. The Morgan fingerprint density at radius 1 is 1.44 bits per heavy atom. The summed E-state index contributed by atoms with van der Waals surface area (Å²) in [6.07, 6.45) is 0. The largest absolute Gasteiger partial charge is 0.480 e. The molecule has 1 amide bonds. The van der Waals surface area contributed by atoms with Crippen LogP contribution in [0, 0.1) is 6.92 Å². The molecular weight excluding hydrogens is 226 g/mol. The number of hydrogen-bond acceptors (Lipinski definition) is 3. The molecule has 0 aliphatic rings. The third kappa shape index (κ3) is 2.09. The van der Waals surface area contributed by atoms with E-state index < -0.39 is 11.5 Å². The highest BCUT2D eigenvalue weighted by molar-refractivity contribution is 7.12. The number of aryl methyl sites for hydroxylation is 1. The van der Waals surface area contributed by atoms with Crippen molar-refractivity contribution < 1.29 is 14.7 Å². The number of carbonyl (C=O) groups is 2. The van der Waals surface area contributed by atoms with Crippen molar-refractivity contribution in [3.05, 3.63) is 21.9 Å². The number of rotatable bonds is 3. The van der Waals surface area contributed by atoms with Crippen LogP contribution in [-0.2, 0) is 4.79 Å². The van der Waals surface area contributed by atoms with Crippen molar-refractivity contribution in [1.82, 2.24) is 4.90 Å². The lowest BCUT2D eigenvalue weighted by molar-refractivity contribution is -0.147. The van der Waals surface area contributed by atoms with Crippen LogP contribution in [-0.4, -0.2) is 34.5 Å². The average Bonchev–Trinajstić information content (AvgIpc) is 2.61. The topological polar surface area (TPSA) is 57.6 Å². The molecule has 0 aliphatic heterocycles. The van der Waals surface area contributed by atoms with Gasteiger partial charge in [0.15, 0.2) is 0 Å². The normalized spacial score (nSPS) is 11.2. The molecule has 0 saturated carbocycles. The molecule has 1 aromatic heterocycles. The molecule has 0 atom stereocenters. The summed E-state index contributed by atoms with van der Waals surface area (Å²) in [4.78, 5) is 24.9. The van der Waals surface area contributed by atoms with Crippen molar-refractivity contribution in [3.8, 4) is 0 Å². The van der Waals surface area contributed by atoms with Gasteiger partial charge in [0.2, 0.25) is 0 Å². The van der Waals surface area contributed by atoms with Gasteiger partial charge in [0, 0.05) is 7.05 Å². The third-order valence-electron chi connectivity index (χ3n) is 2.72. The lowest BCUT2D eigenvalue weighted by Crippen LogP contribution is -2.50. The van der Waals surface area contributed by atoms with Gasteiger partial charge in [-0.3, -0.25) is 4.79 Å². The van der Waals surface area contributed by atoms with Gasteiger partial charge in [0.1, 0.15) is 5.54 Å². The molecule has 1 N–H and O–H groups in total. The van der Waals surface area contributed by atoms with Gasteiger partial charge in [-0.1, -0.05) is 0 Å². The van der Waals surface area contributed by atoms with E-state index in [4.69, 9.17) is 5.11 Å². The summed E-state index contributed by atoms with van der Waals surface area (Å²) in [5.74, 6) is -1.27. The summed E-state index contributed by atoms with van der Waals surface area (Å²) in [6, 6.07) is 1.85. The van der Waals surface area contributed by atoms with Crippen molar-refractivity contribution in [2.24, 2.45) is 0 Å². The fraction of sp³-hybridized carbons (Fsp3) is 0.455. The van der Waals surface area contributed by atoms with Crippen LogP contribution in [0.5, 0.6) is 0 Å². The van der Waals surface area contributed by atoms with E-state index in [-0.39, 0.29) is 5.91 Å². The molecule has 0 fully saturated rings. The fourth-order valence-electron chi connectivity index (χ4n) is 1.14. The Balaban J connectivity index is 3.00. The van der Waals surface area contributed by atoms with E-state index >= 15 is 0 Å². The average molecular weight is 241 g/mol. The number of amides is 1. The van der Waals surface area contributed by atoms with Gasteiger partial charge in [-0.15, -0.1) is 11.3 Å². The van der Waals surface area contributed by atoms with E-state index in [0.717, 1.165) is 5.56 Å². The second kappa shape index (κ2) is 4.25. The second-order valence-corrected chi connectivity index (χ2v) is 5.08. The van der Waals surface area contributed by atoms with Gasteiger partial charge in [-0.2, -0.15) is 0 Å². The smallest absolute Gasteiger partial charge is 0.329 e. The van der Waals surface area contributed by atoms with Crippen LogP contribution < -0.4 is 0 Å². The predicted octanol–water partition coefficient (Wildman–Crippen LogP) is 1.99. The molecule has 0 aromatic carbocycles. The highest BCUT2D eigenvalue weighted by atomic mass is 32.1. The SMILES string of the molecule is Cc1ccsc1C(=O)N(C)C(C)(C)C(=O)O. The molecule has 1 rings (SSSR count). The maximum Gasteiger partial charge on any atom is 0.329 e. The molecule has 1 aromatic rings. The summed E-state index contributed by atoms with van der Waals surface area (Å²) >= 11 is 1.33. The monoisotopic (exact) mass is 241 g/mol. The molecule has 1 heterocycles. The van der Waals surface area contributed by atoms with Gasteiger partial charge in [0.05, 0.1) is 4.88 Å². The minimum absolute atomic E-state index is 0.250. The van der Waals surface area contributed by atoms with Crippen molar-refractivity contribution in [2.45, 2.75) is 26.3 Å². The Labute approximate surface area is 98.5 Å². The van der Waals surface area contributed by atoms with Crippen molar-refractivity contribution in [2.75, 3.05) is 7.05 Å². The third-order valence-corrected chi connectivity index (χ3v) is 3.73. The van der Waals surface area contributed by atoms with Crippen LogP contribution in [0.1, 0.15) is 29.1 Å². The molecule has 0 aliphatic carbocycles. The fourth-order valence-corrected chi connectivity index (χ4v) is 2.04. The first-order valence-corrected chi connectivity index (χ1v) is 5.72. The summed E-state index contributed by atoms with van der Waals surface area (Å²) in [7, 11) is 1.51. The van der Waals surface area contributed by atoms with Crippen LogP contribution in [0.4, 0.5) is 0 Å². The standard InChI is InChI=1S/C11H15NO3S/c1-7-5-6-16-8(7)9(13)12(4)11(2,3)10(14)15/h5-6H,1-4H3,(H,14,15). The Morgan fingerprint density at radius 3 is 2.38 bits per heavy atom. The minimum Gasteiger partial charge on any atom is -0.480 e. The van der Waals surface area contributed by atoms with Crippen LogP contribution in [0.3, 0.4) is 0 Å². The van der Waals surface area contributed by atoms with Crippen LogP contribution >= 0.6 is 11.3 Å². The lowest BCUT2D eigenvalue weighted by atomic mass is 10.0. The molecule has 0 unspecified atom stereocenters. The zero-order chi connectivity index (χ0) is 12.5. The first-order chi connectivity index (χ1) is 7.28. The number of nitrogens with zero attached hydrogens (tertiary/aromatic N) is 1. The molecule has 16 heavy (non-hydrogen) atoms. The van der Waals surface area contributed by atoms with Gasteiger partial charge in [-0.05, 0) is 37.8 Å². The summed E-state index contributed by atoms with van der Waals surface area (Å²) in [5, 5.41) is 10.9. The Bertz CT molecular complexity index is 423. The molecule has 88 valence electrons. The Kier molecular flexibility index (Phi) is 3.38. The molecule has 5 heteroatoms. The van der Waals surface area contributed by atoms with E-state index in [1.54, 1.807) is 0 Å². The van der Waals surface area contributed by atoms with Gasteiger partial charge >= 0.3 is 5.97 Å². The molecule has 0 saturated heterocycles. The highest BCUT2D eigenvalue weighted by Gasteiger charge is 2.36. The van der Waals surface area contributed by atoms with Crippen molar-refractivity contribution >= 4 is 23.2 Å². The molecular formula is C11H15NO3S. The first kappa shape index (κ1) is 12.7. The first-order valence-electron chi connectivity index (χ1n) is 4.84. The lowest BCUT2D eigenvalue weighted by Gasteiger charge is -2.31. The molecule has 0 bridgehead atoms. The maximum absolute atomic E-state index is 12.1. The molecule has 4 nitrogen and oxygen atoms in total. The van der Waals surface area contributed by atoms with E-state index in [2.05, 4.69) is 0 Å². The van der Waals surface area contributed by atoms with E-state index in [1.807, 2.05) is 18.4 Å². The molecule has 0 spiro atoms. The maximum atomic E-state index is 12.1. The van der Waals surface area contributed by atoms with Crippen molar-refractivity contribution in [1.29, 1.82) is 0 Å². The highest BCUT2D eigenvalue weighted by Crippen LogP contribution is 2.22. The van der Waals surface area contributed by atoms with Crippen LogP contribution in [0.15, 0.2) is 11.4 Å². The summed E-state index contributed by atoms with van der Waals surface area (Å²) in [6.45, 7) is 4.86. The van der Waals surface area contributed by atoms with Crippen LogP contribution in [0.25, 0.3) is 0 Å². The number of hydrogen-bond donors (Lipinski definition) is 1. The summed E-state index contributed by atoms with van der Waals surface area (Å²) in [5.41, 5.74) is -0.323. The Morgan fingerprint density at radius 2 is 2.00 bits per heavy atom. The zero-order valence-electron chi connectivity index (χ0n) is 9.77. The number of carbonyl (C=O) groups excluding carboxylic acids is 1. The number of thiophene rings is 1.